The molecular weight excluding hydrogens is 384 g/mol. The number of nitrogens with zero attached hydrogens (tertiary/aromatic N) is 3. The molecule has 0 atom stereocenters. The molecule has 3 rings (SSSR count). The van der Waals surface area contributed by atoms with Crippen LogP contribution >= 0.6 is 0 Å². The second-order valence-electron chi connectivity index (χ2n) is 6.50. The number of aromatic nitrogens is 2. The highest BCUT2D eigenvalue weighted by Gasteiger charge is 2.34. The summed E-state index contributed by atoms with van der Waals surface area (Å²) >= 11 is 0. The van der Waals surface area contributed by atoms with Crippen LogP contribution < -0.4 is 9.47 Å². The predicted molar refractivity (Wildman–Crippen MR) is 102 cm³/mol. The monoisotopic (exact) mass is 408 g/mol. The summed E-state index contributed by atoms with van der Waals surface area (Å²) in [5, 5.41) is 6.68. The number of hydrogen-bond donors (Lipinski definition) is 1. The zero-order valence-corrected chi connectivity index (χ0v) is 17.2. The molecule has 0 aliphatic carbocycles. The molecule has 1 aromatic carbocycles. The van der Waals surface area contributed by atoms with Crippen molar-refractivity contribution in [2.45, 2.75) is 18.7 Å². The van der Waals surface area contributed by atoms with Crippen LogP contribution in [0.15, 0.2) is 23.1 Å². The lowest BCUT2D eigenvalue weighted by molar-refractivity contribution is 0.0691. The topological polar surface area (TPSA) is 105 Å². The molecule has 0 saturated carbocycles. The molecule has 1 aliphatic rings. The van der Waals surface area contributed by atoms with Crippen molar-refractivity contribution >= 4 is 15.9 Å². The number of rotatable bonds is 5. The van der Waals surface area contributed by atoms with E-state index in [1.807, 2.05) is 0 Å². The van der Waals surface area contributed by atoms with Gasteiger partial charge in [-0.05, 0) is 26.0 Å². The molecule has 1 aliphatic heterocycles. The van der Waals surface area contributed by atoms with E-state index in [2.05, 4.69) is 10.2 Å². The van der Waals surface area contributed by atoms with E-state index in [-0.39, 0.29) is 37.0 Å². The molecule has 0 unspecified atom stereocenters. The quantitative estimate of drug-likeness (QED) is 0.797. The predicted octanol–water partition coefficient (Wildman–Crippen LogP) is 1.19. The van der Waals surface area contributed by atoms with Crippen LogP contribution in [0.3, 0.4) is 0 Å². The maximum Gasteiger partial charge on any atom is 0.261 e. The van der Waals surface area contributed by atoms with E-state index >= 15 is 0 Å². The van der Waals surface area contributed by atoms with Crippen LogP contribution in [-0.4, -0.2) is 74.1 Å². The molecule has 1 aromatic heterocycles. The highest BCUT2D eigenvalue weighted by molar-refractivity contribution is 7.89. The lowest BCUT2D eigenvalue weighted by Gasteiger charge is -2.34. The zero-order chi connectivity index (χ0) is 20.5. The minimum absolute atomic E-state index is 0.204. The number of sulfonamides is 1. The van der Waals surface area contributed by atoms with Gasteiger partial charge in [-0.15, -0.1) is 0 Å². The van der Waals surface area contributed by atoms with Crippen LogP contribution in [0, 0.1) is 13.8 Å². The highest BCUT2D eigenvalue weighted by atomic mass is 32.2. The number of piperazine rings is 1. The van der Waals surface area contributed by atoms with Crippen LogP contribution in [0.25, 0.3) is 0 Å². The number of methoxy groups -OCH3 is 2. The third-order valence-electron chi connectivity index (χ3n) is 4.83. The molecular formula is C18H24N4O5S. The Balaban J connectivity index is 1.79. The molecule has 1 amide bonds. The van der Waals surface area contributed by atoms with Crippen molar-refractivity contribution in [1.29, 1.82) is 0 Å². The Hall–Kier alpha value is -2.59. The minimum atomic E-state index is -3.67. The number of H-pyrrole nitrogens is 1. The van der Waals surface area contributed by atoms with Crippen LogP contribution in [0.2, 0.25) is 0 Å². The van der Waals surface area contributed by atoms with E-state index in [4.69, 9.17) is 9.47 Å². The van der Waals surface area contributed by atoms with E-state index < -0.39 is 10.0 Å². The van der Waals surface area contributed by atoms with Crippen molar-refractivity contribution in [2.75, 3.05) is 40.4 Å². The minimum Gasteiger partial charge on any atom is -0.496 e. The van der Waals surface area contributed by atoms with Gasteiger partial charge < -0.3 is 14.4 Å². The summed E-state index contributed by atoms with van der Waals surface area (Å²) in [4.78, 5) is 14.9. The van der Waals surface area contributed by atoms with Gasteiger partial charge in [0.2, 0.25) is 10.0 Å². The van der Waals surface area contributed by atoms with Crippen LogP contribution in [-0.2, 0) is 10.0 Å². The summed E-state index contributed by atoms with van der Waals surface area (Å²) in [6.45, 7) is 4.29. The lowest BCUT2D eigenvalue weighted by Crippen LogP contribution is -2.50. The molecule has 9 nitrogen and oxygen atoms in total. The molecule has 0 radical (unpaired) electrons. The Morgan fingerprint density at radius 2 is 1.64 bits per heavy atom. The summed E-state index contributed by atoms with van der Waals surface area (Å²) < 4.78 is 37.9. The molecule has 152 valence electrons. The van der Waals surface area contributed by atoms with Gasteiger partial charge in [0, 0.05) is 26.2 Å². The summed E-state index contributed by atoms with van der Waals surface area (Å²) in [5.74, 6) is 0.593. The number of aryl methyl sites for hydroxylation is 2. The number of carbonyl (C=O) groups excluding carboxylic acids is 1. The number of ether oxygens (including phenoxy) is 2. The fraction of sp³-hybridized carbons (Fsp3) is 0.444. The summed E-state index contributed by atoms with van der Waals surface area (Å²) in [6, 6.07) is 5.14. The van der Waals surface area contributed by atoms with E-state index in [1.54, 1.807) is 36.9 Å². The van der Waals surface area contributed by atoms with Crippen molar-refractivity contribution < 1.29 is 22.7 Å². The molecule has 28 heavy (non-hydrogen) atoms. The van der Waals surface area contributed by atoms with Gasteiger partial charge in [0.05, 0.1) is 25.6 Å². The first kappa shape index (κ1) is 20.2. The van der Waals surface area contributed by atoms with Gasteiger partial charge in [0.15, 0.2) is 0 Å². The molecule has 2 aromatic rings. The van der Waals surface area contributed by atoms with Gasteiger partial charge >= 0.3 is 0 Å². The first-order chi connectivity index (χ1) is 13.3. The Morgan fingerprint density at radius 3 is 2.11 bits per heavy atom. The SMILES string of the molecule is COc1cccc(OC)c1C(=O)N1CCN(S(=O)(=O)c2c(C)n[nH]c2C)CC1. The third kappa shape index (κ3) is 3.45. The van der Waals surface area contributed by atoms with Gasteiger partial charge in [-0.2, -0.15) is 9.40 Å². The Bertz CT molecular complexity index is 936. The Labute approximate surface area is 164 Å². The van der Waals surface area contributed by atoms with E-state index in [0.717, 1.165) is 0 Å². The standard InChI is InChI=1S/C18H24N4O5S/c1-12-17(13(2)20-19-12)28(24,25)22-10-8-21(9-11-22)18(23)16-14(26-3)6-5-7-15(16)27-4/h5-7H,8-11H2,1-4H3,(H,19,20). The van der Waals surface area contributed by atoms with Crippen molar-refractivity contribution in [2.24, 2.45) is 0 Å². The van der Waals surface area contributed by atoms with Gasteiger partial charge in [-0.1, -0.05) is 6.07 Å². The van der Waals surface area contributed by atoms with Crippen molar-refractivity contribution in [3.8, 4) is 11.5 Å². The molecule has 0 bridgehead atoms. The fourth-order valence-electron chi connectivity index (χ4n) is 3.40. The van der Waals surface area contributed by atoms with Crippen LogP contribution in [0.4, 0.5) is 0 Å². The zero-order valence-electron chi connectivity index (χ0n) is 16.4. The summed E-state index contributed by atoms with van der Waals surface area (Å²) in [7, 11) is -0.684. The van der Waals surface area contributed by atoms with Crippen LogP contribution in [0.1, 0.15) is 21.7 Å². The largest absolute Gasteiger partial charge is 0.496 e. The first-order valence-corrected chi connectivity index (χ1v) is 10.3. The maximum atomic E-state index is 13.0. The Kier molecular flexibility index (Phi) is 5.61. The molecule has 10 heteroatoms. The van der Waals surface area contributed by atoms with Crippen molar-refractivity contribution in [1.82, 2.24) is 19.4 Å². The van der Waals surface area contributed by atoms with Gasteiger partial charge in [-0.25, -0.2) is 8.42 Å². The van der Waals surface area contributed by atoms with Crippen molar-refractivity contribution in [3.05, 3.63) is 35.2 Å². The fourth-order valence-corrected chi connectivity index (χ4v) is 5.16. The molecule has 1 saturated heterocycles. The van der Waals surface area contributed by atoms with Gasteiger partial charge in [0.1, 0.15) is 22.0 Å². The van der Waals surface area contributed by atoms with Crippen molar-refractivity contribution in [3.63, 3.8) is 0 Å². The van der Waals surface area contributed by atoms with Gasteiger partial charge in [0.25, 0.3) is 5.91 Å². The second kappa shape index (κ2) is 7.80. The normalized spacial score (nSPS) is 15.5. The first-order valence-electron chi connectivity index (χ1n) is 8.83. The third-order valence-corrected chi connectivity index (χ3v) is 6.99. The molecule has 1 N–H and O–H groups in total. The second-order valence-corrected chi connectivity index (χ2v) is 8.37. The molecule has 0 spiro atoms. The van der Waals surface area contributed by atoms with E-state index in [9.17, 15) is 13.2 Å². The lowest BCUT2D eigenvalue weighted by atomic mass is 10.1. The molecule has 1 fully saturated rings. The number of carbonyl (C=O) groups is 1. The number of benzene rings is 1. The molecule has 2 heterocycles. The summed E-state index contributed by atoms with van der Waals surface area (Å²) in [6.07, 6.45) is 0. The average Bonchev–Trinajstić information content (AvgIpc) is 3.05. The van der Waals surface area contributed by atoms with Gasteiger partial charge in [-0.3, -0.25) is 9.89 Å². The number of amides is 1. The Morgan fingerprint density at radius 1 is 1.07 bits per heavy atom. The van der Waals surface area contributed by atoms with Crippen LogP contribution in [0.5, 0.6) is 11.5 Å². The summed E-state index contributed by atoms with van der Waals surface area (Å²) in [5.41, 5.74) is 1.29. The average molecular weight is 408 g/mol. The number of nitrogens with one attached hydrogen (secondary N) is 1. The number of aromatic amines is 1. The highest BCUT2D eigenvalue weighted by Crippen LogP contribution is 2.30. The van der Waals surface area contributed by atoms with E-state index in [0.29, 0.717) is 28.5 Å². The maximum absolute atomic E-state index is 13.0. The number of hydrogen-bond acceptors (Lipinski definition) is 6. The van der Waals surface area contributed by atoms with E-state index in [1.165, 1.54) is 18.5 Å². The smallest absolute Gasteiger partial charge is 0.261 e.